The van der Waals surface area contributed by atoms with Crippen molar-refractivity contribution in [2.75, 3.05) is 5.32 Å². The first kappa shape index (κ1) is 15.6. The number of nitrogens with one attached hydrogen (secondary N) is 1. The van der Waals surface area contributed by atoms with Crippen molar-refractivity contribution in [2.24, 2.45) is 17.8 Å². The zero-order valence-corrected chi connectivity index (χ0v) is 15.5. The van der Waals surface area contributed by atoms with Gasteiger partial charge in [0.25, 0.3) is 0 Å². The van der Waals surface area contributed by atoms with E-state index in [0.717, 1.165) is 28.5 Å². The summed E-state index contributed by atoms with van der Waals surface area (Å²) in [5, 5.41) is 4.67. The van der Waals surface area contributed by atoms with Gasteiger partial charge in [0.2, 0.25) is 0 Å². The van der Waals surface area contributed by atoms with Gasteiger partial charge in [-0.05, 0) is 92.2 Å². The van der Waals surface area contributed by atoms with E-state index in [1.807, 2.05) is 0 Å². The van der Waals surface area contributed by atoms with E-state index in [9.17, 15) is 0 Å². The molecule has 5 saturated carbocycles. The van der Waals surface area contributed by atoms with E-state index < -0.39 is 0 Å². The molecule has 24 heavy (non-hydrogen) atoms. The van der Waals surface area contributed by atoms with Gasteiger partial charge in [-0.25, -0.2) is 0 Å². The largest absolute Gasteiger partial charge is 0.381 e. The Labute approximate surface area is 151 Å². The fraction of sp³-hybridized carbons (Fsp3) is 0.727. The average Bonchev–Trinajstić information content (AvgIpc) is 2.56. The number of rotatable bonds is 3. The Morgan fingerprint density at radius 1 is 0.875 bits per heavy atom. The molecule has 0 atom stereocenters. The Balaban J connectivity index is 1.38. The number of hydrogen-bond donors (Lipinski definition) is 1. The van der Waals surface area contributed by atoms with Crippen molar-refractivity contribution in [3.05, 3.63) is 28.8 Å². The third kappa shape index (κ3) is 2.68. The lowest BCUT2D eigenvalue weighted by molar-refractivity contribution is -0.00517. The van der Waals surface area contributed by atoms with E-state index in [1.54, 1.807) is 5.56 Å². The van der Waals surface area contributed by atoms with Crippen LogP contribution >= 0.6 is 11.6 Å². The number of hydrogen-bond acceptors (Lipinski definition) is 1. The average molecular weight is 344 g/mol. The number of benzene rings is 1. The molecule has 4 bridgehead atoms. The van der Waals surface area contributed by atoms with E-state index >= 15 is 0 Å². The minimum absolute atomic E-state index is 0.460. The number of anilines is 1. The fourth-order valence-corrected chi connectivity index (χ4v) is 7.13. The molecule has 1 nitrogen and oxygen atoms in total. The molecular formula is C22H30ClN. The first-order chi connectivity index (χ1) is 11.7. The molecule has 0 aromatic heterocycles. The molecule has 1 aromatic carbocycles. The van der Waals surface area contributed by atoms with Crippen molar-refractivity contribution in [3.63, 3.8) is 0 Å². The molecule has 1 aromatic rings. The van der Waals surface area contributed by atoms with Crippen LogP contribution in [0.4, 0.5) is 5.69 Å². The Kier molecular flexibility index (Phi) is 3.85. The molecule has 6 rings (SSSR count). The van der Waals surface area contributed by atoms with E-state index in [-0.39, 0.29) is 0 Å². The van der Waals surface area contributed by atoms with Crippen molar-refractivity contribution in [3.8, 4) is 0 Å². The Morgan fingerprint density at radius 3 is 2.08 bits per heavy atom. The summed E-state index contributed by atoms with van der Waals surface area (Å²) >= 11 is 6.73. The molecule has 0 heterocycles. The van der Waals surface area contributed by atoms with Crippen LogP contribution in [0.2, 0.25) is 5.02 Å². The lowest BCUT2D eigenvalue weighted by Gasteiger charge is -2.57. The van der Waals surface area contributed by atoms with Crippen molar-refractivity contribution < 1.29 is 0 Å². The zero-order valence-electron chi connectivity index (χ0n) is 14.7. The third-order valence-electron chi connectivity index (χ3n) is 7.58. The summed E-state index contributed by atoms with van der Waals surface area (Å²) in [6.07, 6.45) is 15.5. The highest BCUT2D eigenvalue weighted by molar-refractivity contribution is 6.33. The molecule has 0 aliphatic heterocycles. The lowest BCUT2D eigenvalue weighted by Crippen LogP contribution is -2.48. The van der Waals surface area contributed by atoms with Gasteiger partial charge in [-0.3, -0.25) is 0 Å². The van der Waals surface area contributed by atoms with E-state index in [4.69, 9.17) is 11.6 Å². The smallest absolute Gasteiger partial charge is 0.0640 e. The summed E-state index contributed by atoms with van der Waals surface area (Å²) in [5.41, 5.74) is 3.17. The highest BCUT2D eigenvalue weighted by Crippen LogP contribution is 2.61. The van der Waals surface area contributed by atoms with Crippen molar-refractivity contribution >= 4 is 17.3 Å². The summed E-state index contributed by atoms with van der Waals surface area (Å²) in [4.78, 5) is 0. The maximum atomic E-state index is 6.73. The predicted octanol–water partition coefficient (Wildman–Crippen LogP) is 6.55. The monoisotopic (exact) mass is 343 g/mol. The number of halogens is 1. The van der Waals surface area contributed by atoms with Crippen LogP contribution in [0.25, 0.3) is 0 Å². The molecule has 5 fully saturated rings. The predicted molar refractivity (Wildman–Crippen MR) is 102 cm³/mol. The molecule has 0 unspecified atom stereocenters. The fourth-order valence-electron chi connectivity index (χ4n) is 6.89. The summed E-state index contributed by atoms with van der Waals surface area (Å²) in [6.45, 7) is 0. The van der Waals surface area contributed by atoms with Crippen molar-refractivity contribution in [1.82, 2.24) is 0 Å². The van der Waals surface area contributed by atoms with Crippen LogP contribution in [-0.2, 0) is 5.41 Å². The van der Waals surface area contributed by atoms with Crippen LogP contribution in [-0.4, -0.2) is 6.04 Å². The standard InChI is InChI=1S/C22H30ClN/c23-20-11-18(6-7-21(20)24-19-4-2-1-3-5-19)22-12-15-8-16(13-22)10-17(9-15)14-22/h6-7,11,15-17,19,24H,1-5,8-10,12-14H2. The minimum atomic E-state index is 0.460. The van der Waals surface area contributed by atoms with Crippen LogP contribution in [0.1, 0.15) is 76.2 Å². The summed E-state index contributed by atoms with van der Waals surface area (Å²) < 4.78 is 0. The summed E-state index contributed by atoms with van der Waals surface area (Å²) in [7, 11) is 0. The van der Waals surface area contributed by atoms with Crippen molar-refractivity contribution in [1.29, 1.82) is 0 Å². The summed E-state index contributed by atoms with van der Waals surface area (Å²) in [6, 6.07) is 7.64. The normalized spacial score (nSPS) is 38.5. The van der Waals surface area contributed by atoms with Gasteiger partial charge in [0, 0.05) is 6.04 Å². The van der Waals surface area contributed by atoms with Crippen LogP contribution < -0.4 is 5.32 Å². The zero-order chi connectivity index (χ0) is 16.1. The van der Waals surface area contributed by atoms with Gasteiger partial charge in [0.05, 0.1) is 10.7 Å². The molecule has 5 aliphatic carbocycles. The van der Waals surface area contributed by atoms with Crippen LogP contribution in [0.15, 0.2) is 18.2 Å². The van der Waals surface area contributed by atoms with Gasteiger partial charge >= 0.3 is 0 Å². The SMILES string of the molecule is Clc1cc(C23CC4CC(CC(C4)C2)C3)ccc1NC1CCCCC1. The summed E-state index contributed by atoms with van der Waals surface area (Å²) in [5.74, 6) is 2.99. The third-order valence-corrected chi connectivity index (χ3v) is 7.90. The quantitative estimate of drug-likeness (QED) is 0.655. The Bertz CT molecular complexity index is 581. The highest BCUT2D eigenvalue weighted by Gasteiger charge is 2.51. The van der Waals surface area contributed by atoms with E-state index in [2.05, 4.69) is 23.5 Å². The maximum absolute atomic E-state index is 6.73. The topological polar surface area (TPSA) is 12.0 Å². The van der Waals surface area contributed by atoms with Gasteiger partial charge in [-0.15, -0.1) is 0 Å². The van der Waals surface area contributed by atoms with Gasteiger partial charge < -0.3 is 5.32 Å². The first-order valence-electron chi connectivity index (χ1n) is 10.3. The van der Waals surface area contributed by atoms with Gasteiger partial charge in [-0.2, -0.15) is 0 Å². The van der Waals surface area contributed by atoms with Gasteiger partial charge in [0.15, 0.2) is 0 Å². The van der Waals surface area contributed by atoms with E-state index in [0.29, 0.717) is 11.5 Å². The minimum Gasteiger partial charge on any atom is -0.381 e. The van der Waals surface area contributed by atoms with Gasteiger partial charge in [-0.1, -0.05) is 36.9 Å². The van der Waals surface area contributed by atoms with Crippen molar-refractivity contribution in [2.45, 2.75) is 82.1 Å². The second kappa shape index (κ2) is 5.94. The van der Waals surface area contributed by atoms with Crippen LogP contribution in [0, 0.1) is 17.8 Å². The molecular weight excluding hydrogens is 314 g/mol. The maximum Gasteiger partial charge on any atom is 0.0640 e. The van der Waals surface area contributed by atoms with Crippen LogP contribution in [0.5, 0.6) is 0 Å². The second-order valence-electron chi connectivity index (χ2n) is 9.37. The molecule has 2 heteroatoms. The lowest BCUT2D eigenvalue weighted by atomic mass is 9.48. The molecule has 130 valence electrons. The Morgan fingerprint density at radius 2 is 1.50 bits per heavy atom. The first-order valence-corrected chi connectivity index (χ1v) is 10.6. The molecule has 0 amide bonds. The molecule has 0 spiro atoms. The van der Waals surface area contributed by atoms with Crippen LogP contribution in [0.3, 0.4) is 0 Å². The second-order valence-corrected chi connectivity index (χ2v) is 9.78. The molecule has 0 saturated heterocycles. The Hall–Kier alpha value is -0.690. The highest BCUT2D eigenvalue weighted by atomic mass is 35.5. The van der Waals surface area contributed by atoms with Gasteiger partial charge in [0.1, 0.15) is 0 Å². The van der Waals surface area contributed by atoms with E-state index in [1.165, 1.54) is 70.6 Å². The molecule has 5 aliphatic rings. The molecule has 1 N–H and O–H groups in total. The molecule has 0 radical (unpaired) electrons.